The van der Waals surface area contributed by atoms with Gasteiger partial charge in [-0.2, -0.15) is 0 Å². The third-order valence-corrected chi connectivity index (χ3v) is 4.74. The summed E-state index contributed by atoms with van der Waals surface area (Å²) < 4.78 is 5.14. The van der Waals surface area contributed by atoms with E-state index in [-0.39, 0.29) is 5.91 Å². The lowest BCUT2D eigenvalue weighted by atomic mass is 10.2. The van der Waals surface area contributed by atoms with Crippen molar-refractivity contribution in [2.75, 3.05) is 26.0 Å². The van der Waals surface area contributed by atoms with Crippen LogP contribution in [0.15, 0.2) is 59.5 Å². The van der Waals surface area contributed by atoms with E-state index in [1.165, 1.54) is 5.56 Å². The molecule has 0 spiro atoms. The number of thioether (sulfide) groups is 1. The van der Waals surface area contributed by atoms with Crippen molar-refractivity contribution in [2.45, 2.75) is 18.4 Å². The molecule has 2 aromatic rings. The topological polar surface area (TPSA) is 29.5 Å². The van der Waals surface area contributed by atoms with Crippen molar-refractivity contribution < 1.29 is 9.53 Å². The van der Waals surface area contributed by atoms with Crippen LogP contribution in [0.5, 0.6) is 0 Å². The van der Waals surface area contributed by atoms with E-state index in [1.807, 2.05) is 47.4 Å². The number of carbonyl (C=O) groups excluding carboxylic acids is 1. The Morgan fingerprint density at radius 3 is 2.48 bits per heavy atom. The number of hydrogen-bond acceptors (Lipinski definition) is 3. The molecule has 0 heterocycles. The molecule has 1 amide bonds. The number of carbonyl (C=O) groups is 1. The van der Waals surface area contributed by atoms with Gasteiger partial charge >= 0.3 is 0 Å². The van der Waals surface area contributed by atoms with Crippen molar-refractivity contribution in [3.05, 3.63) is 65.7 Å². The number of ether oxygens (including phenoxy) is 1. The van der Waals surface area contributed by atoms with Gasteiger partial charge in [0.1, 0.15) is 0 Å². The highest BCUT2D eigenvalue weighted by Gasteiger charge is 2.14. The van der Waals surface area contributed by atoms with E-state index < -0.39 is 0 Å². The maximum atomic E-state index is 12.6. The SMILES string of the molecule is COCCN(Cc1ccccc1)C(=O)CSc1ccccc1C. The summed E-state index contributed by atoms with van der Waals surface area (Å²) in [6.07, 6.45) is 0. The van der Waals surface area contributed by atoms with Crippen molar-refractivity contribution >= 4 is 17.7 Å². The van der Waals surface area contributed by atoms with Crippen LogP contribution in [0.1, 0.15) is 11.1 Å². The molecule has 0 aromatic heterocycles. The predicted molar refractivity (Wildman–Crippen MR) is 95.6 cm³/mol. The van der Waals surface area contributed by atoms with Crippen molar-refractivity contribution in [3.8, 4) is 0 Å². The van der Waals surface area contributed by atoms with Crippen molar-refractivity contribution in [3.63, 3.8) is 0 Å². The molecule has 4 heteroatoms. The van der Waals surface area contributed by atoms with Gasteiger partial charge in [0.25, 0.3) is 0 Å². The minimum Gasteiger partial charge on any atom is -0.383 e. The van der Waals surface area contributed by atoms with E-state index in [0.717, 1.165) is 10.5 Å². The van der Waals surface area contributed by atoms with E-state index in [2.05, 4.69) is 19.1 Å². The fraction of sp³-hybridized carbons (Fsp3) is 0.316. The van der Waals surface area contributed by atoms with Crippen molar-refractivity contribution in [2.24, 2.45) is 0 Å². The molecular weight excluding hydrogens is 306 g/mol. The first-order valence-corrected chi connectivity index (χ1v) is 8.68. The summed E-state index contributed by atoms with van der Waals surface area (Å²) in [6.45, 7) is 3.85. The van der Waals surface area contributed by atoms with Gasteiger partial charge in [0.15, 0.2) is 0 Å². The maximum Gasteiger partial charge on any atom is 0.233 e. The Morgan fingerprint density at radius 1 is 1.09 bits per heavy atom. The third-order valence-electron chi connectivity index (χ3n) is 3.58. The van der Waals surface area contributed by atoms with Gasteiger partial charge in [-0.15, -0.1) is 11.8 Å². The summed E-state index contributed by atoms with van der Waals surface area (Å²) >= 11 is 1.60. The summed E-state index contributed by atoms with van der Waals surface area (Å²) in [5.41, 5.74) is 2.34. The molecular formula is C19H23NO2S. The first kappa shape index (κ1) is 17.6. The summed E-state index contributed by atoms with van der Waals surface area (Å²) in [5, 5.41) is 0. The molecule has 0 aliphatic heterocycles. The van der Waals surface area contributed by atoms with Gasteiger partial charge in [0, 0.05) is 25.1 Å². The van der Waals surface area contributed by atoms with Crippen LogP contribution < -0.4 is 0 Å². The minimum absolute atomic E-state index is 0.138. The van der Waals surface area contributed by atoms with Gasteiger partial charge in [0.2, 0.25) is 5.91 Å². The molecule has 0 fully saturated rings. The van der Waals surface area contributed by atoms with E-state index >= 15 is 0 Å². The molecule has 0 aliphatic carbocycles. The van der Waals surface area contributed by atoms with Crippen LogP contribution in [-0.4, -0.2) is 36.8 Å². The molecule has 0 radical (unpaired) electrons. The first-order valence-electron chi connectivity index (χ1n) is 7.70. The Balaban J connectivity index is 1.97. The van der Waals surface area contributed by atoms with Crippen LogP contribution in [0, 0.1) is 6.92 Å². The summed E-state index contributed by atoms with van der Waals surface area (Å²) in [6, 6.07) is 18.2. The zero-order chi connectivity index (χ0) is 16.5. The minimum atomic E-state index is 0.138. The summed E-state index contributed by atoms with van der Waals surface area (Å²) in [5.74, 6) is 0.584. The van der Waals surface area contributed by atoms with Crippen LogP contribution in [-0.2, 0) is 16.1 Å². The van der Waals surface area contributed by atoms with E-state index in [0.29, 0.717) is 25.4 Å². The molecule has 0 N–H and O–H groups in total. The summed E-state index contributed by atoms with van der Waals surface area (Å²) in [4.78, 5) is 15.6. The molecule has 23 heavy (non-hydrogen) atoms. The zero-order valence-corrected chi connectivity index (χ0v) is 14.5. The van der Waals surface area contributed by atoms with Crippen LogP contribution in [0.2, 0.25) is 0 Å². The zero-order valence-electron chi connectivity index (χ0n) is 13.7. The third kappa shape index (κ3) is 5.73. The lowest BCUT2D eigenvalue weighted by Gasteiger charge is -2.22. The number of amides is 1. The van der Waals surface area contributed by atoms with Gasteiger partial charge < -0.3 is 9.64 Å². The fourth-order valence-electron chi connectivity index (χ4n) is 2.25. The Labute approximate surface area is 142 Å². The normalized spacial score (nSPS) is 10.5. The Morgan fingerprint density at radius 2 is 1.78 bits per heavy atom. The average Bonchev–Trinajstić information content (AvgIpc) is 2.58. The second kappa shape index (κ2) is 9.38. The Kier molecular flexibility index (Phi) is 7.17. The number of hydrogen-bond donors (Lipinski definition) is 0. The van der Waals surface area contributed by atoms with E-state index in [1.54, 1.807) is 18.9 Å². The molecule has 2 aromatic carbocycles. The highest BCUT2D eigenvalue weighted by Crippen LogP contribution is 2.22. The molecule has 0 atom stereocenters. The molecule has 2 rings (SSSR count). The number of aryl methyl sites for hydroxylation is 1. The lowest BCUT2D eigenvalue weighted by Crippen LogP contribution is -2.34. The second-order valence-corrected chi connectivity index (χ2v) is 6.37. The maximum absolute atomic E-state index is 12.6. The van der Waals surface area contributed by atoms with Crippen molar-refractivity contribution in [1.29, 1.82) is 0 Å². The van der Waals surface area contributed by atoms with Crippen LogP contribution in [0.4, 0.5) is 0 Å². The van der Waals surface area contributed by atoms with Gasteiger partial charge in [-0.1, -0.05) is 48.5 Å². The first-order chi connectivity index (χ1) is 11.2. The van der Waals surface area contributed by atoms with Gasteiger partial charge in [-0.05, 0) is 24.1 Å². The quantitative estimate of drug-likeness (QED) is 0.691. The standard InChI is InChI=1S/C19H23NO2S/c1-16-8-6-7-11-18(16)23-15-19(21)20(12-13-22-2)14-17-9-4-3-5-10-17/h3-11H,12-15H2,1-2H3. The fourth-order valence-corrected chi connectivity index (χ4v) is 3.18. The molecule has 3 nitrogen and oxygen atoms in total. The van der Waals surface area contributed by atoms with E-state index in [9.17, 15) is 4.79 Å². The largest absolute Gasteiger partial charge is 0.383 e. The number of benzene rings is 2. The van der Waals surface area contributed by atoms with Crippen LogP contribution in [0.25, 0.3) is 0 Å². The Hall–Kier alpha value is -1.78. The monoisotopic (exact) mass is 329 g/mol. The van der Waals surface area contributed by atoms with Gasteiger partial charge in [-0.25, -0.2) is 0 Å². The van der Waals surface area contributed by atoms with Gasteiger partial charge in [0.05, 0.1) is 12.4 Å². The molecule has 0 aliphatic rings. The smallest absolute Gasteiger partial charge is 0.233 e. The molecule has 0 bridgehead atoms. The second-order valence-electron chi connectivity index (χ2n) is 5.35. The number of methoxy groups -OCH3 is 1. The Bertz CT molecular complexity index is 616. The lowest BCUT2D eigenvalue weighted by molar-refractivity contribution is -0.129. The number of nitrogens with zero attached hydrogens (tertiary/aromatic N) is 1. The molecule has 122 valence electrons. The van der Waals surface area contributed by atoms with Gasteiger partial charge in [-0.3, -0.25) is 4.79 Å². The molecule has 0 saturated heterocycles. The highest BCUT2D eigenvalue weighted by molar-refractivity contribution is 8.00. The number of rotatable bonds is 8. The molecule has 0 saturated carbocycles. The molecule has 0 unspecified atom stereocenters. The van der Waals surface area contributed by atoms with E-state index in [4.69, 9.17) is 4.74 Å². The predicted octanol–water partition coefficient (Wildman–Crippen LogP) is 3.76. The average molecular weight is 329 g/mol. The van der Waals surface area contributed by atoms with Crippen LogP contribution in [0.3, 0.4) is 0 Å². The van der Waals surface area contributed by atoms with Crippen LogP contribution >= 0.6 is 11.8 Å². The van der Waals surface area contributed by atoms with Crippen molar-refractivity contribution in [1.82, 2.24) is 4.90 Å². The summed E-state index contributed by atoms with van der Waals surface area (Å²) in [7, 11) is 1.66. The highest BCUT2D eigenvalue weighted by atomic mass is 32.2.